The van der Waals surface area contributed by atoms with E-state index in [1.807, 2.05) is 6.07 Å². The van der Waals surface area contributed by atoms with E-state index in [-0.39, 0.29) is 5.91 Å². The molecule has 1 aromatic heterocycles. The van der Waals surface area contributed by atoms with Crippen LogP contribution in [0.5, 0.6) is 5.75 Å². The molecule has 0 saturated heterocycles. The molecule has 0 bridgehead atoms. The fourth-order valence-electron chi connectivity index (χ4n) is 1.40. The van der Waals surface area contributed by atoms with E-state index in [2.05, 4.69) is 21.2 Å². The van der Waals surface area contributed by atoms with E-state index in [9.17, 15) is 4.79 Å². The lowest BCUT2D eigenvalue weighted by Crippen LogP contribution is -2.11. The summed E-state index contributed by atoms with van der Waals surface area (Å²) in [7, 11) is 1.53. The second kappa shape index (κ2) is 5.73. The van der Waals surface area contributed by atoms with Crippen LogP contribution < -0.4 is 10.1 Å². The first kappa shape index (κ1) is 13.4. The van der Waals surface area contributed by atoms with Gasteiger partial charge in [0, 0.05) is 4.47 Å². The fraction of sp³-hybridized carbons (Fsp3) is 0.0833. The molecule has 1 aromatic carbocycles. The van der Waals surface area contributed by atoms with Crippen molar-refractivity contribution in [3.8, 4) is 5.75 Å². The molecule has 1 amide bonds. The molecule has 6 heteroatoms. The van der Waals surface area contributed by atoms with Crippen LogP contribution in [0.25, 0.3) is 0 Å². The Bertz CT molecular complexity index is 585. The monoisotopic (exact) mass is 345 g/mol. The van der Waals surface area contributed by atoms with Crippen molar-refractivity contribution in [2.45, 2.75) is 0 Å². The van der Waals surface area contributed by atoms with Gasteiger partial charge >= 0.3 is 0 Å². The highest BCUT2D eigenvalue weighted by molar-refractivity contribution is 9.10. The number of hydrogen-bond donors (Lipinski definition) is 1. The summed E-state index contributed by atoms with van der Waals surface area (Å²) in [6.07, 6.45) is 0. The number of benzene rings is 1. The molecular formula is C12H9BrClNO2S. The molecule has 2 aromatic rings. The fourth-order valence-corrected chi connectivity index (χ4v) is 2.68. The maximum atomic E-state index is 12.1. The molecule has 0 spiro atoms. The second-order valence-electron chi connectivity index (χ2n) is 3.40. The molecule has 94 valence electrons. The van der Waals surface area contributed by atoms with E-state index < -0.39 is 0 Å². The number of methoxy groups -OCH3 is 1. The van der Waals surface area contributed by atoms with Crippen LogP contribution in [0.1, 0.15) is 9.67 Å². The number of carbonyl (C=O) groups excluding carboxylic acids is 1. The van der Waals surface area contributed by atoms with Gasteiger partial charge in [0.2, 0.25) is 0 Å². The van der Waals surface area contributed by atoms with E-state index >= 15 is 0 Å². The predicted octanol–water partition coefficient (Wildman–Crippen LogP) is 4.42. The van der Waals surface area contributed by atoms with Crippen LogP contribution in [-0.2, 0) is 0 Å². The van der Waals surface area contributed by atoms with Crippen molar-refractivity contribution >= 4 is 50.5 Å². The largest absolute Gasteiger partial charge is 0.495 e. The second-order valence-corrected chi connectivity index (χ2v) is 5.64. The lowest BCUT2D eigenvalue weighted by atomic mass is 10.3. The van der Waals surface area contributed by atoms with E-state index in [0.29, 0.717) is 21.3 Å². The lowest BCUT2D eigenvalue weighted by molar-refractivity contribution is 0.102. The SMILES string of the molecule is COc1ccsc1C(=O)Nc1cc(Br)ccc1Cl. The Morgan fingerprint density at radius 1 is 1.44 bits per heavy atom. The van der Waals surface area contributed by atoms with Crippen molar-refractivity contribution in [2.24, 2.45) is 0 Å². The summed E-state index contributed by atoms with van der Waals surface area (Å²) >= 11 is 10.7. The molecule has 0 fully saturated rings. The van der Waals surface area contributed by atoms with Crippen molar-refractivity contribution in [1.82, 2.24) is 0 Å². The van der Waals surface area contributed by atoms with Crippen LogP contribution in [0.2, 0.25) is 5.02 Å². The zero-order chi connectivity index (χ0) is 13.1. The molecule has 0 saturated carbocycles. The number of anilines is 1. The summed E-state index contributed by atoms with van der Waals surface area (Å²) in [6.45, 7) is 0. The number of amides is 1. The third kappa shape index (κ3) is 2.85. The minimum Gasteiger partial charge on any atom is -0.495 e. The molecule has 0 unspecified atom stereocenters. The van der Waals surface area contributed by atoms with Crippen LogP contribution in [-0.4, -0.2) is 13.0 Å². The molecule has 1 N–H and O–H groups in total. The number of nitrogens with one attached hydrogen (secondary N) is 1. The Hall–Kier alpha value is -1.04. The summed E-state index contributed by atoms with van der Waals surface area (Å²) in [6, 6.07) is 7.03. The van der Waals surface area contributed by atoms with Crippen molar-refractivity contribution < 1.29 is 9.53 Å². The maximum absolute atomic E-state index is 12.1. The number of ether oxygens (including phenoxy) is 1. The lowest BCUT2D eigenvalue weighted by Gasteiger charge is -2.07. The van der Waals surface area contributed by atoms with Gasteiger partial charge in [0.15, 0.2) is 0 Å². The van der Waals surface area contributed by atoms with Gasteiger partial charge in [-0.25, -0.2) is 0 Å². The highest BCUT2D eigenvalue weighted by Crippen LogP contribution is 2.29. The first-order valence-electron chi connectivity index (χ1n) is 4.99. The molecule has 0 aliphatic rings. The molecule has 0 radical (unpaired) electrons. The Kier molecular flexibility index (Phi) is 4.27. The van der Waals surface area contributed by atoms with Crippen molar-refractivity contribution in [3.63, 3.8) is 0 Å². The van der Waals surface area contributed by atoms with Crippen molar-refractivity contribution in [1.29, 1.82) is 0 Å². The third-order valence-electron chi connectivity index (χ3n) is 2.23. The van der Waals surface area contributed by atoms with E-state index in [4.69, 9.17) is 16.3 Å². The van der Waals surface area contributed by atoms with Crippen LogP contribution in [0.3, 0.4) is 0 Å². The number of carbonyl (C=O) groups is 1. The summed E-state index contributed by atoms with van der Waals surface area (Å²) in [5, 5.41) is 5.05. The zero-order valence-corrected chi connectivity index (χ0v) is 12.5. The van der Waals surface area contributed by atoms with Gasteiger partial charge in [0.05, 0.1) is 17.8 Å². The zero-order valence-electron chi connectivity index (χ0n) is 9.37. The van der Waals surface area contributed by atoms with E-state index in [1.54, 1.807) is 23.6 Å². The minimum atomic E-state index is -0.234. The first-order chi connectivity index (χ1) is 8.61. The number of halogens is 2. The number of hydrogen-bond acceptors (Lipinski definition) is 3. The summed E-state index contributed by atoms with van der Waals surface area (Å²) in [4.78, 5) is 12.6. The average Bonchev–Trinajstić information content (AvgIpc) is 2.82. The van der Waals surface area contributed by atoms with Gasteiger partial charge in [0.1, 0.15) is 10.6 Å². The standard InChI is InChI=1S/C12H9BrClNO2S/c1-17-10-4-5-18-11(10)12(16)15-9-6-7(13)2-3-8(9)14/h2-6H,1H3,(H,15,16). The van der Waals surface area contributed by atoms with Crippen LogP contribution in [0.15, 0.2) is 34.1 Å². The van der Waals surface area contributed by atoms with Gasteiger partial charge in [0.25, 0.3) is 5.91 Å². The third-order valence-corrected chi connectivity index (χ3v) is 3.95. The highest BCUT2D eigenvalue weighted by atomic mass is 79.9. The smallest absolute Gasteiger partial charge is 0.269 e. The van der Waals surface area contributed by atoms with Crippen LogP contribution >= 0.6 is 38.9 Å². The molecule has 3 nitrogen and oxygen atoms in total. The quantitative estimate of drug-likeness (QED) is 0.893. The van der Waals surface area contributed by atoms with Crippen molar-refractivity contribution in [2.75, 3.05) is 12.4 Å². The van der Waals surface area contributed by atoms with Gasteiger partial charge in [-0.1, -0.05) is 27.5 Å². The molecule has 0 aliphatic carbocycles. The summed E-state index contributed by atoms with van der Waals surface area (Å²) in [5.41, 5.74) is 0.562. The first-order valence-corrected chi connectivity index (χ1v) is 7.04. The Morgan fingerprint density at radius 3 is 2.94 bits per heavy atom. The van der Waals surface area contributed by atoms with Gasteiger partial charge < -0.3 is 10.1 Å². The maximum Gasteiger partial charge on any atom is 0.269 e. The normalized spacial score (nSPS) is 10.2. The molecule has 0 atom stereocenters. The minimum absolute atomic E-state index is 0.234. The van der Waals surface area contributed by atoms with Crippen LogP contribution in [0, 0.1) is 0 Å². The highest BCUT2D eigenvalue weighted by Gasteiger charge is 2.15. The number of thiophene rings is 1. The van der Waals surface area contributed by atoms with Crippen LogP contribution in [0.4, 0.5) is 5.69 Å². The topological polar surface area (TPSA) is 38.3 Å². The molecule has 0 aliphatic heterocycles. The van der Waals surface area contributed by atoms with Gasteiger partial charge in [-0.05, 0) is 29.6 Å². The summed E-state index contributed by atoms with van der Waals surface area (Å²) in [5.74, 6) is 0.325. The molecule has 1 heterocycles. The molecule has 18 heavy (non-hydrogen) atoms. The van der Waals surface area contributed by atoms with Crippen molar-refractivity contribution in [3.05, 3.63) is 44.0 Å². The molecule has 2 rings (SSSR count). The Labute approximate surface area is 122 Å². The predicted molar refractivity (Wildman–Crippen MR) is 78.0 cm³/mol. The van der Waals surface area contributed by atoms with Gasteiger partial charge in [-0.15, -0.1) is 11.3 Å². The molecular weight excluding hydrogens is 338 g/mol. The van der Waals surface area contributed by atoms with Gasteiger partial charge in [-0.2, -0.15) is 0 Å². The van der Waals surface area contributed by atoms with E-state index in [0.717, 1.165) is 4.47 Å². The van der Waals surface area contributed by atoms with E-state index in [1.165, 1.54) is 18.4 Å². The Morgan fingerprint density at radius 2 is 2.22 bits per heavy atom. The van der Waals surface area contributed by atoms with Gasteiger partial charge in [-0.3, -0.25) is 4.79 Å². The number of rotatable bonds is 3. The summed E-state index contributed by atoms with van der Waals surface area (Å²) < 4.78 is 5.95. The average molecular weight is 347 g/mol. The Balaban J connectivity index is 2.24.